The highest BCUT2D eigenvalue weighted by atomic mass is 16.6. The minimum Gasteiger partial charge on any atom is -0.361 e. The molecule has 1 aromatic heterocycles. The molecule has 2 aromatic rings. The van der Waals surface area contributed by atoms with Gasteiger partial charge in [-0.15, -0.1) is 0 Å². The van der Waals surface area contributed by atoms with Crippen molar-refractivity contribution in [2.75, 3.05) is 5.32 Å². The molecule has 0 radical (unpaired) electrons. The molecule has 0 atom stereocenters. The molecule has 0 unspecified atom stereocenters. The van der Waals surface area contributed by atoms with Gasteiger partial charge in [0.2, 0.25) is 0 Å². The Labute approximate surface area is 120 Å². The lowest BCUT2D eigenvalue weighted by Crippen LogP contribution is -2.23. The number of aromatic nitrogens is 2. The normalized spacial score (nSPS) is 13.9. The van der Waals surface area contributed by atoms with Crippen molar-refractivity contribution in [1.82, 2.24) is 9.55 Å². The van der Waals surface area contributed by atoms with E-state index in [4.69, 9.17) is 0 Å². The van der Waals surface area contributed by atoms with E-state index in [1.54, 1.807) is 29.1 Å². The Balaban J connectivity index is 1.76. The van der Waals surface area contributed by atoms with E-state index in [0.717, 1.165) is 18.4 Å². The molecule has 1 heterocycles. The lowest BCUT2D eigenvalue weighted by Gasteiger charge is -2.08. The van der Waals surface area contributed by atoms with Crippen molar-refractivity contribution in [3.8, 4) is 0 Å². The fraction of sp³-hybridized carbons (Fsp3) is 0.286. The molecular formula is C14H14N4O3. The number of benzene rings is 1. The van der Waals surface area contributed by atoms with E-state index < -0.39 is 4.92 Å². The summed E-state index contributed by atoms with van der Waals surface area (Å²) >= 11 is 0. The van der Waals surface area contributed by atoms with Crippen LogP contribution in [0.2, 0.25) is 0 Å². The molecule has 0 saturated heterocycles. The van der Waals surface area contributed by atoms with Crippen LogP contribution in [0.5, 0.6) is 0 Å². The lowest BCUT2D eigenvalue weighted by molar-refractivity contribution is -0.384. The van der Waals surface area contributed by atoms with Crippen LogP contribution >= 0.6 is 0 Å². The van der Waals surface area contributed by atoms with Crippen molar-refractivity contribution < 1.29 is 4.92 Å². The molecule has 1 aliphatic rings. The number of nitro benzene ring substituents is 1. The zero-order valence-corrected chi connectivity index (χ0v) is 11.2. The molecule has 1 N–H and O–H groups in total. The summed E-state index contributed by atoms with van der Waals surface area (Å²) in [5, 5.41) is 13.7. The molecule has 108 valence electrons. The van der Waals surface area contributed by atoms with Gasteiger partial charge in [-0.3, -0.25) is 14.9 Å². The van der Waals surface area contributed by atoms with E-state index in [0.29, 0.717) is 12.6 Å². The van der Waals surface area contributed by atoms with Crippen molar-refractivity contribution >= 4 is 11.5 Å². The number of rotatable bonds is 5. The first kappa shape index (κ1) is 13.3. The summed E-state index contributed by atoms with van der Waals surface area (Å²) < 4.78 is 1.68. The van der Waals surface area contributed by atoms with Gasteiger partial charge in [-0.1, -0.05) is 12.1 Å². The first-order chi connectivity index (χ1) is 10.1. The van der Waals surface area contributed by atoms with Gasteiger partial charge in [-0.05, 0) is 18.4 Å². The zero-order chi connectivity index (χ0) is 14.8. The molecule has 1 fully saturated rings. The van der Waals surface area contributed by atoms with Crippen LogP contribution in [0.4, 0.5) is 11.5 Å². The topological polar surface area (TPSA) is 90.1 Å². The number of hydrogen-bond donors (Lipinski definition) is 1. The molecule has 0 amide bonds. The van der Waals surface area contributed by atoms with Crippen molar-refractivity contribution in [3.63, 3.8) is 0 Å². The van der Waals surface area contributed by atoms with Gasteiger partial charge in [-0.2, -0.15) is 0 Å². The fourth-order valence-electron chi connectivity index (χ4n) is 2.15. The fourth-order valence-corrected chi connectivity index (χ4v) is 2.15. The Morgan fingerprint density at radius 3 is 2.95 bits per heavy atom. The SMILES string of the molecule is O=c1c(NCc2cccc([N+](=O)[O-])c2)nccn1C1CC1. The van der Waals surface area contributed by atoms with E-state index in [9.17, 15) is 14.9 Å². The van der Waals surface area contributed by atoms with Gasteiger partial charge in [-0.25, -0.2) is 4.98 Å². The summed E-state index contributed by atoms with van der Waals surface area (Å²) in [7, 11) is 0. The molecule has 1 saturated carbocycles. The smallest absolute Gasteiger partial charge is 0.293 e. The lowest BCUT2D eigenvalue weighted by atomic mass is 10.2. The summed E-state index contributed by atoms with van der Waals surface area (Å²) in [6.45, 7) is 0.318. The molecule has 1 aliphatic carbocycles. The number of nitrogens with zero attached hydrogens (tertiary/aromatic N) is 3. The average Bonchev–Trinajstić information content (AvgIpc) is 3.31. The second-order valence-electron chi connectivity index (χ2n) is 5.00. The summed E-state index contributed by atoms with van der Waals surface area (Å²) in [4.78, 5) is 26.5. The summed E-state index contributed by atoms with van der Waals surface area (Å²) in [6, 6.07) is 6.59. The maximum Gasteiger partial charge on any atom is 0.293 e. The number of non-ortho nitro benzene ring substituents is 1. The molecular weight excluding hydrogens is 272 g/mol. The average molecular weight is 286 g/mol. The Hall–Kier alpha value is -2.70. The molecule has 1 aromatic carbocycles. The number of anilines is 1. The van der Waals surface area contributed by atoms with Gasteiger partial charge in [0, 0.05) is 37.1 Å². The molecule has 7 nitrogen and oxygen atoms in total. The highest BCUT2D eigenvalue weighted by Crippen LogP contribution is 2.33. The number of nitrogens with one attached hydrogen (secondary N) is 1. The zero-order valence-electron chi connectivity index (χ0n) is 11.2. The molecule has 21 heavy (non-hydrogen) atoms. The van der Waals surface area contributed by atoms with Crippen molar-refractivity contribution in [1.29, 1.82) is 0 Å². The van der Waals surface area contributed by atoms with Gasteiger partial charge in [0.15, 0.2) is 5.82 Å². The summed E-state index contributed by atoms with van der Waals surface area (Å²) in [5.41, 5.74) is 0.614. The number of nitro groups is 1. The van der Waals surface area contributed by atoms with Crippen LogP contribution in [0.15, 0.2) is 41.5 Å². The Morgan fingerprint density at radius 1 is 1.43 bits per heavy atom. The minimum absolute atomic E-state index is 0.0331. The third-order valence-corrected chi connectivity index (χ3v) is 3.39. The van der Waals surface area contributed by atoms with E-state index in [1.807, 2.05) is 0 Å². The monoisotopic (exact) mass is 286 g/mol. The largest absolute Gasteiger partial charge is 0.361 e. The van der Waals surface area contributed by atoms with Crippen LogP contribution in [-0.4, -0.2) is 14.5 Å². The minimum atomic E-state index is -0.440. The molecule has 0 spiro atoms. The van der Waals surface area contributed by atoms with E-state index in [-0.39, 0.29) is 17.1 Å². The van der Waals surface area contributed by atoms with E-state index >= 15 is 0 Å². The van der Waals surface area contributed by atoms with Crippen molar-refractivity contribution in [2.45, 2.75) is 25.4 Å². The third kappa shape index (κ3) is 2.91. The maximum absolute atomic E-state index is 12.2. The van der Waals surface area contributed by atoms with Gasteiger partial charge in [0.05, 0.1) is 4.92 Å². The second kappa shape index (κ2) is 5.35. The first-order valence-corrected chi connectivity index (χ1v) is 6.69. The highest BCUT2D eigenvalue weighted by Gasteiger charge is 2.25. The highest BCUT2D eigenvalue weighted by molar-refractivity contribution is 5.38. The van der Waals surface area contributed by atoms with Crippen LogP contribution in [0.3, 0.4) is 0 Å². The summed E-state index contributed by atoms with van der Waals surface area (Å²) in [5.74, 6) is 0.274. The Morgan fingerprint density at radius 2 is 2.24 bits per heavy atom. The van der Waals surface area contributed by atoms with Crippen LogP contribution in [0.25, 0.3) is 0 Å². The van der Waals surface area contributed by atoms with Gasteiger partial charge < -0.3 is 9.88 Å². The Kier molecular flexibility index (Phi) is 3.39. The standard InChI is InChI=1S/C14H14N4O3/c19-14-13(15-6-7-17(14)11-4-5-11)16-9-10-2-1-3-12(8-10)18(20)21/h1-3,6-8,11H,4-5,9H2,(H,15,16). The van der Waals surface area contributed by atoms with Gasteiger partial charge in [0.25, 0.3) is 11.2 Å². The van der Waals surface area contributed by atoms with Crippen LogP contribution in [0.1, 0.15) is 24.4 Å². The summed E-state index contributed by atoms with van der Waals surface area (Å²) in [6.07, 6.45) is 5.33. The van der Waals surface area contributed by atoms with Crippen LogP contribution in [-0.2, 0) is 6.54 Å². The molecule has 7 heteroatoms. The quantitative estimate of drug-likeness (QED) is 0.671. The van der Waals surface area contributed by atoms with Gasteiger partial charge in [0.1, 0.15) is 0 Å². The van der Waals surface area contributed by atoms with Crippen LogP contribution < -0.4 is 10.9 Å². The first-order valence-electron chi connectivity index (χ1n) is 6.69. The van der Waals surface area contributed by atoms with Crippen molar-refractivity contribution in [3.05, 3.63) is 62.7 Å². The molecule has 0 bridgehead atoms. The Bertz CT molecular complexity index is 737. The molecule has 3 rings (SSSR count). The van der Waals surface area contributed by atoms with Crippen LogP contribution in [0, 0.1) is 10.1 Å². The predicted octanol–water partition coefficient (Wildman–Crippen LogP) is 2.10. The van der Waals surface area contributed by atoms with E-state index in [1.165, 1.54) is 12.1 Å². The molecule has 0 aliphatic heterocycles. The third-order valence-electron chi connectivity index (χ3n) is 3.39. The van der Waals surface area contributed by atoms with Gasteiger partial charge >= 0.3 is 0 Å². The van der Waals surface area contributed by atoms with Crippen molar-refractivity contribution in [2.24, 2.45) is 0 Å². The predicted molar refractivity (Wildman–Crippen MR) is 77.2 cm³/mol. The maximum atomic E-state index is 12.2. The van der Waals surface area contributed by atoms with E-state index in [2.05, 4.69) is 10.3 Å². The second-order valence-corrected chi connectivity index (χ2v) is 5.00. The number of hydrogen-bond acceptors (Lipinski definition) is 5.